The molecule has 0 saturated heterocycles. The molecule has 0 heterocycles. The lowest BCUT2D eigenvalue weighted by Crippen LogP contribution is -2.39. The van der Waals surface area contributed by atoms with Crippen LogP contribution in [0.5, 0.6) is 0 Å². The lowest BCUT2D eigenvalue weighted by Gasteiger charge is -2.23. The maximum absolute atomic E-state index is 12.1. The minimum Gasteiger partial charge on any atom is -0.398 e. The fourth-order valence-corrected chi connectivity index (χ4v) is 2.64. The Kier molecular flexibility index (Phi) is 4.69. The summed E-state index contributed by atoms with van der Waals surface area (Å²) in [6, 6.07) is 3.26. The van der Waals surface area contributed by atoms with Crippen molar-refractivity contribution in [2.75, 3.05) is 19.4 Å². The van der Waals surface area contributed by atoms with Gasteiger partial charge < -0.3 is 10.5 Å². The summed E-state index contributed by atoms with van der Waals surface area (Å²) in [6.07, 6.45) is 0. The second kappa shape index (κ2) is 5.73. The summed E-state index contributed by atoms with van der Waals surface area (Å²) in [4.78, 5) is 9.68. The molecule has 0 bridgehead atoms. The van der Waals surface area contributed by atoms with Gasteiger partial charge in [-0.15, -0.1) is 0 Å². The van der Waals surface area contributed by atoms with Crippen molar-refractivity contribution >= 4 is 21.4 Å². The molecule has 0 aliphatic heterocycles. The first-order chi connectivity index (χ1) is 9.09. The second-order valence-corrected chi connectivity index (χ2v) is 6.50. The Morgan fingerprint density at radius 3 is 2.55 bits per heavy atom. The third kappa shape index (κ3) is 3.89. The number of nitrogens with zero attached hydrogens (tertiary/aromatic N) is 1. The van der Waals surface area contributed by atoms with Crippen molar-refractivity contribution in [1.29, 1.82) is 0 Å². The van der Waals surface area contributed by atoms with E-state index in [1.807, 2.05) is 0 Å². The lowest BCUT2D eigenvalue weighted by atomic mass is 10.1. The highest BCUT2D eigenvalue weighted by Gasteiger charge is 2.25. The van der Waals surface area contributed by atoms with E-state index in [0.29, 0.717) is 0 Å². The second-order valence-electron chi connectivity index (χ2n) is 4.77. The summed E-state index contributed by atoms with van der Waals surface area (Å²) in [5.41, 5.74) is 4.47. The monoisotopic (exact) mass is 303 g/mol. The Hall–Kier alpha value is -1.71. The first-order valence-corrected chi connectivity index (χ1v) is 7.16. The zero-order chi connectivity index (χ0) is 15.6. The molecule has 0 aromatic heterocycles. The van der Waals surface area contributed by atoms with Crippen LogP contribution in [0, 0.1) is 10.1 Å². The molecular formula is C11H17N3O5S. The van der Waals surface area contributed by atoms with Crippen LogP contribution in [0.1, 0.15) is 13.8 Å². The molecule has 0 aliphatic rings. The number of anilines is 1. The van der Waals surface area contributed by atoms with Crippen LogP contribution < -0.4 is 10.5 Å². The van der Waals surface area contributed by atoms with E-state index in [9.17, 15) is 18.5 Å². The van der Waals surface area contributed by atoms with E-state index in [4.69, 9.17) is 10.5 Å². The van der Waals surface area contributed by atoms with Crippen molar-refractivity contribution in [1.82, 2.24) is 4.72 Å². The van der Waals surface area contributed by atoms with E-state index in [1.165, 1.54) is 13.2 Å². The van der Waals surface area contributed by atoms with E-state index >= 15 is 0 Å². The molecule has 0 radical (unpaired) electrons. The molecule has 0 saturated carbocycles. The van der Waals surface area contributed by atoms with Gasteiger partial charge in [0.25, 0.3) is 5.69 Å². The Morgan fingerprint density at radius 1 is 1.45 bits per heavy atom. The number of nitrogen functional groups attached to an aromatic ring is 1. The molecule has 0 fully saturated rings. The van der Waals surface area contributed by atoms with Crippen molar-refractivity contribution in [3.8, 4) is 0 Å². The van der Waals surface area contributed by atoms with E-state index in [1.54, 1.807) is 13.8 Å². The number of non-ortho nitro benzene ring substituents is 1. The van der Waals surface area contributed by atoms with Crippen LogP contribution in [0.2, 0.25) is 0 Å². The van der Waals surface area contributed by atoms with Gasteiger partial charge in [0.2, 0.25) is 10.0 Å². The van der Waals surface area contributed by atoms with Gasteiger partial charge >= 0.3 is 0 Å². The number of benzene rings is 1. The van der Waals surface area contributed by atoms with Crippen LogP contribution in [0.4, 0.5) is 11.4 Å². The van der Waals surface area contributed by atoms with Gasteiger partial charge in [-0.2, -0.15) is 0 Å². The number of nitrogens with two attached hydrogens (primary N) is 1. The number of rotatable bonds is 6. The zero-order valence-corrected chi connectivity index (χ0v) is 12.2. The first-order valence-electron chi connectivity index (χ1n) is 5.68. The smallest absolute Gasteiger partial charge is 0.270 e. The summed E-state index contributed by atoms with van der Waals surface area (Å²) in [7, 11) is -2.50. The van der Waals surface area contributed by atoms with Crippen molar-refractivity contribution in [3.05, 3.63) is 28.3 Å². The third-order valence-corrected chi connectivity index (χ3v) is 4.19. The average Bonchev–Trinajstić information content (AvgIpc) is 2.37. The van der Waals surface area contributed by atoms with Crippen molar-refractivity contribution in [2.24, 2.45) is 0 Å². The van der Waals surface area contributed by atoms with Gasteiger partial charge in [0.15, 0.2) is 0 Å². The van der Waals surface area contributed by atoms with Gasteiger partial charge in [0.05, 0.1) is 16.2 Å². The highest BCUT2D eigenvalue weighted by molar-refractivity contribution is 7.89. The Morgan fingerprint density at radius 2 is 2.05 bits per heavy atom. The summed E-state index contributed by atoms with van der Waals surface area (Å²) in [5.74, 6) is 0. The fourth-order valence-electron chi connectivity index (χ4n) is 1.29. The average molecular weight is 303 g/mol. The fraction of sp³-hybridized carbons (Fsp3) is 0.455. The first kappa shape index (κ1) is 16.3. The van der Waals surface area contributed by atoms with Gasteiger partial charge in [0.1, 0.15) is 4.90 Å². The van der Waals surface area contributed by atoms with Crippen LogP contribution in [-0.4, -0.2) is 32.6 Å². The minimum absolute atomic E-state index is 0.00790. The van der Waals surface area contributed by atoms with Crippen LogP contribution in [0.3, 0.4) is 0 Å². The summed E-state index contributed by atoms with van der Waals surface area (Å²) < 4.78 is 31.7. The number of nitro groups is 1. The predicted octanol–water partition coefficient (Wildman–Crippen LogP) is 0.880. The standard InChI is InChI=1S/C11H17N3O5S/c1-11(2,19-3)7-13-20(17,18)10-6-8(14(15)16)4-5-9(10)12/h4-6,13H,7,12H2,1-3H3. The summed E-state index contributed by atoms with van der Waals surface area (Å²) >= 11 is 0. The number of hydrogen-bond acceptors (Lipinski definition) is 6. The largest absolute Gasteiger partial charge is 0.398 e. The molecule has 20 heavy (non-hydrogen) atoms. The topological polar surface area (TPSA) is 125 Å². The summed E-state index contributed by atoms with van der Waals surface area (Å²) in [5, 5.41) is 10.7. The van der Waals surface area contributed by atoms with E-state index in [0.717, 1.165) is 12.1 Å². The van der Waals surface area contributed by atoms with Gasteiger partial charge in [-0.25, -0.2) is 13.1 Å². The molecule has 9 heteroatoms. The normalized spacial score (nSPS) is 12.3. The Labute approximate surface area is 117 Å². The zero-order valence-electron chi connectivity index (χ0n) is 11.4. The molecule has 0 amide bonds. The molecule has 0 atom stereocenters. The van der Waals surface area contributed by atoms with Gasteiger partial charge in [-0.05, 0) is 19.9 Å². The number of sulfonamides is 1. The van der Waals surface area contributed by atoms with Crippen LogP contribution in [0.15, 0.2) is 23.1 Å². The van der Waals surface area contributed by atoms with Crippen molar-refractivity contribution in [3.63, 3.8) is 0 Å². The van der Waals surface area contributed by atoms with E-state index in [-0.39, 0.29) is 22.8 Å². The molecule has 0 unspecified atom stereocenters. The van der Waals surface area contributed by atoms with Gasteiger partial charge in [-0.1, -0.05) is 0 Å². The van der Waals surface area contributed by atoms with Crippen molar-refractivity contribution < 1.29 is 18.1 Å². The minimum atomic E-state index is -3.95. The van der Waals surface area contributed by atoms with Crippen LogP contribution >= 0.6 is 0 Å². The third-order valence-electron chi connectivity index (χ3n) is 2.74. The highest BCUT2D eigenvalue weighted by Crippen LogP contribution is 2.24. The number of nitro benzene ring substituents is 1. The SMILES string of the molecule is COC(C)(C)CNS(=O)(=O)c1cc([N+](=O)[O-])ccc1N. The van der Waals surface area contributed by atoms with Crippen LogP contribution in [0.25, 0.3) is 0 Å². The maximum atomic E-state index is 12.1. The van der Waals surface area contributed by atoms with E-state index in [2.05, 4.69) is 4.72 Å². The molecule has 0 aliphatic carbocycles. The number of methoxy groups -OCH3 is 1. The molecule has 8 nitrogen and oxygen atoms in total. The molecular weight excluding hydrogens is 286 g/mol. The molecule has 1 aromatic carbocycles. The van der Waals surface area contributed by atoms with E-state index < -0.39 is 20.5 Å². The Bertz CT molecular complexity index is 612. The number of ether oxygens (including phenoxy) is 1. The molecule has 0 spiro atoms. The lowest BCUT2D eigenvalue weighted by molar-refractivity contribution is -0.385. The molecule has 3 N–H and O–H groups in total. The predicted molar refractivity (Wildman–Crippen MR) is 73.8 cm³/mol. The quantitative estimate of drug-likeness (QED) is 0.456. The molecule has 1 rings (SSSR count). The highest BCUT2D eigenvalue weighted by atomic mass is 32.2. The van der Waals surface area contributed by atoms with Gasteiger partial charge in [0, 0.05) is 25.8 Å². The van der Waals surface area contributed by atoms with Crippen LogP contribution in [-0.2, 0) is 14.8 Å². The summed E-state index contributed by atoms with van der Waals surface area (Å²) in [6.45, 7) is 3.41. The Balaban J connectivity index is 3.09. The molecule has 1 aromatic rings. The van der Waals surface area contributed by atoms with Crippen molar-refractivity contribution in [2.45, 2.75) is 24.3 Å². The maximum Gasteiger partial charge on any atom is 0.270 e. The van der Waals surface area contributed by atoms with Gasteiger partial charge in [-0.3, -0.25) is 10.1 Å². The molecule has 112 valence electrons. The number of hydrogen-bond donors (Lipinski definition) is 2. The number of nitrogens with one attached hydrogen (secondary N) is 1.